The standard InChI is InChI=1S/C19H20O8S2/c1-26-18-11-14(3-5-16(18)20)7-9-28(22,23)13-29(24,25)10-8-15-4-6-17(21)19(12-15)27-2/h3-6,11-12,20-21H,7,9,13H2,1-2H3. The van der Waals surface area contributed by atoms with E-state index in [2.05, 4.69) is 5.92 Å². The molecule has 0 amide bonds. The van der Waals surface area contributed by atoms with Gasteiger partial charge in [0.15, 0.2) is 37.9 Å². The second-order valence-electron chi connectivity index (χ2n) is 6.05. The summed E-state index contributed by atoms with van der Waals surface area (Å²) in [6.07, 6.45) is 0.0527. The number of aromatic hydroxyl groups is 2. The van der Waals surface area contributed by atoms with E-state index in [1.54, 1.807) is 0 Å². The molecule has 0 saturated heterocycles. The third-order valence-corrected chi connectivity index (χ3v) is 7.73. The van der Waals surface area contributed by atoms with Gasteiger partial charge in [-0.3, -0.25) is 0 Å². The highest BCUT2D eigenvalue weighted by Gasteiger charge is 2.21. The molecule has 0 bridgehead atoms. The lowest BCUT2D eigenvalue weighted by Crippen LogP contribution is -2.19. The van der Waals surface area contributed by atoms with Gasteiger partial charge in [-0.2, -0.15) is 0 Å². The average molecular weight is 440 g/mol. The fraction of sp³-hybridized carbons (Fsp3) is 0.263. The number of phenolic OH excluding ortho intramolecular Hbond substituents is 2. The van der Waals surface area contributed by atoms with E-state index in [1.807, 2.05) is 5.25 Å². The number of hydrogen-bond donors (Lipinski definition) is 2. The maximum absolute atomic E-state index is 12.2. The average Bonchev–Trinajstić information content (AvgIpc) is 2.66. The smallest absolute Gasteiger partial charge is 0.231 e. The second-order valence-corrected chi connectivity index (χ2v) is 10.3. The van der Waals surface area contributed by atoms with Gasteiger partial charge in [0, 0.05) is 10.8 Å². The van der Waals surface area contributed by atoms with Gasteiger partial charge in [0.1, 0.15) is 0 Å². The van der Waals surface area contributed by atoms with Crippen LogP contribution >= 0.6 is 0 Å². The van der Waals surface area contributed by atoms with Crippen LogP contribution in [0.15, 0.2) is 36.4 Å². The van der Waals surface area contributed by atoms with Crippen LogP contribution in [0.5, 0.6) is 23.0 Å². The Balaban J connectivity index is 2.09. The lowest BCUT2D eigenvalue weighted by Gasteiger charge is -2.07. The van der Waals surface area contributed by atoms with Gasteiger partial charge in [0.2, 0.25) is 9.84 Å². The maximum Gasteiger partial charge on any atom is 0.231 e. The number of ether oxygens (including phenoxy) is 2. The molecular weight excluding hydrogens is 420 g/mol. The number of hydrogen-bond acceptors (Lipinski definition) is 8. The van der Waals surface area contributed by atoms with Crippen LogP contribution in [0.1, 0.15) is 11.1 Å². The van der Waals surface area contributed by atoms with E-state index in [1.165, 1.54) is 50.6 Å². The van der Waals surface area contributed by atoms with Gasteiger partial charge in [-0.05, 0) is 48.2 Å². The van der Waals surface area contributed by atoms with Crippen LogP contribution in [-0.4, -0.2) is 52.1 Å². The Hall–Kier alpha value is -2.90. The van der Waals surface area contributed by atoms with Crippen molar-refractivity contribution in [3.63, 3.8) is 0 Å². The molecule has 156 valence electrons. The first-order valence-corrected chi connectivity index (χ1v) is 11.7. The minimum atomic E-state index is -4.21. The summed E-state index contributed by atoms with van der Waals surface area (Å²) < 4.78 is 58.5. The highest BCUT2D eigenvalue weighted by atomic mass is 32.3. The third kappa shape index (κ3) is 6.58. The molecule has 2 N–H and O–H groups in total. The van der Waals surface area contributed by atoms with E-state index in [0.717, 1.165) is 0 Å². The van der Waals surface area contributed by atoms with Crippen molar-refractivity contribution >= 4 is 19.7 Å². The first kappa shape index (κ1) is 22.4. The molecule has 0 spiro atoms. The number of rotatable bonds is 7. The van der Waals surface area contributed by atoms with Crippen LogP contribution in [-0.2, 0) is 26.1 Å². The fourth-order valence-electron chi connectivity index (χ4n) is 2.37. The lowest BCUT2D eigenvalue weighted by molar-refractivity contribution is 0.373. The monoisotopic (exact) mass is 440 g/mol. The van der Waals surface area contributed by atoms with E-state index in [4.69, 9.17) is 9.47 Å². The van der Waals surface area contributed by atoms with Crippen LogP contribution in [0.2, 0.25) is 0 Å². The normalized spacial score (nSPS) is 11.4. The zero-order valence-electron chi connectivity index (χ0n) is 15.7. The van der Waals surface area contributed by atoms with E-state index >= 15 is 0 Å². The van der Waals surface area contributed by atoms with Crippen molar-refractivity contribution in [2.24, 2.45) is 0 Å². The molecule has 0 heterocycles. The van der Waals surface area contributed by atoms with Crippen molar-refractivity contribution in [2.75, 3.05) is 25.1 Å². The molecule has 0 fully saturated rings. The summed E-state index contributed by atoms with van der Waals surface area (Å²) in [6, 6.07) is 8.39. The zero-order valence-corrected chi connectivity index (χ0v) is 17.4. The molecule has 29 heavy (non-hydrogen) atoms. The van der Waals surface area contributed by atoms with Crippen molar-refractivity contribution < 1.29 is 36.5 Å². The minimum absolute atomic E-state index is 0.0527. The highest BCUT2D eigenvalue weighted by Crippen LogP contribution is 2.27. The van der Waals surface area contributed by atoms with Crippen molar-refractivity contribution in [1.82, 2.24) is 0 Å². The van der Waals surface area contributed by atoms with E-state index in [-0.39, 0.29) is 35.0 Å². The van der Waals surface area contributed by atoms with Crippen LogP contribution in [0, 0.1) is 11.2 Å². The Kier molecular flexibility index (Phi) is 7.00. The van der Waals surface area contributed by atoms with Crippen LogP contribution in [0.3, 0.4) is 0 Å². The second kappa shape index (κ2) is 9.07. The summed E-state index contributed by atoms with van der Waals surface area (Å²) in [6.45, 7) is 0. The van der Waals surface area contributed by atoms with Crippen LogP contribution in [0.4, 0.5) is 0 Å². The largest absolute Gasteiger partial charge is 0.504 e. The van der Waals surface area contributed by atoms with Crippen LogP contribution in [0.25, 0.3) is 0 Å². The van der Waals surface area contributed by atoms with Crippen molar-refractivity contribution in [3.8, 4) is 34.2 Å². The molecule has 2 rings (SSSR count). The van der Waals surface area contributed by atoms with Gasteiger partial charge in [0.25, 0.3) is 0 Å². The van der Waals surface area contributed by atoms with E-state index in [9.17, 15) is 27.0 Å². The molecule has 2 aromatic carbocycles. The molecule has 0 saturated carbocycles. The molecule has 8 nitrogen and oxygen atoms in total. The summed E-state index contributed by atoms with van der Waals surface area (Å²) in [7, 11) is -5.46. The SMILES string of the molecule is COc1cc(C#CS(=O)(=O)CS(=O)(=O)CCc2ccc(O)c(OC)c2)ccc1O. The summed E-state index contributed by atoms with van der Waals surface area (Å²) in [5, 5.41) is 19.9. The first-order chi connectivity index (χ1) is 13.5. The van der Waals surface area contributed by atoms with Gasteiger partial charge < -0.3 is 19.7 Å². The van der Waals surface area contributed by atoms with E-state index < -0.39 is 30.5 Å². The summed E-state index contributed by atoms with van der Waals surface area (Å²) in [5.74, 6) is 2.06. The molecule has 10 heteroatoms. The first-order valence-electron chi connectivity index (χ1n) is 8.24. The molecule has 2 aromatic rings. The Morgan fingerprint density at radius 3 is 2.10 bits per heavy atom. The zero-order chi connectivity index (χ0) is 21.7. The van der Waals surface area contributed by atoms with E-state index in [0.29, 0.717) is 5.56 Å². The molecule has 0 aliphatic rings. The van der Waals surface area contributed by atoms with Gasteiger partial charge >= 0.3 is 0 Å². The van der Waals surface area contributed by atoms with Gasteiger partial charge in [0.05, 0.1) is 20.0 Å². The fourth-order valence-corrected chi connectivity index (χ4v) is 5.79. The van der Waals surface area contributed by atoms with Crippen LogP contribution < -0.4 is 9.47 Å². The topological polar surface area (TPSA) is 127 Å². The number of phenols is 2. The van der Waals surface area contributed by atoms with Gasteiger partial charge in [-0.25, -0.2) is 16.8 Å². The number of methoxy groups -OCH3 is 2. The van der Waals surface area contributed by atoms with Crippen molar-refractivity contribution in [1.29, 1.82) is 0 Å². The highest BCUT2D eigenvalue weighted by molar-refractivity contribution is 8.10. The quantitative estimate of drug-likeness (QED) is 0.620. The summed E-state index contributed by atoms with van der Waals surface area (Å²) in [5.41, 5.74) is 0.819. The van der Waals surface area contributed by atoms with Gasteiger partial charge in [-0.1, -0.05) is 6.07 Å². The molecule has 0 unspecified atom stereocenters. The van der Waals surface area contributed by atoms with Crippen molar-refractivity contribution in [3.05, 3.63) is 47.5 Å². The number of sulfone groups is 2. The molecule has 0 aliphatic heterocycles. The predicted octanol–water partition coefficient (Wildman–Crippen LogP) is 1.45. The molecule has 0 aromatic heterocycles. The molecule has 0 radical (unpaired) electrons. The number of aryl methyl sites for hydroxylation is 1. The third-order valence-electron chi connectivity index (χ3n) is 3.81. The van der Waals surface area contributed by atoms with Gasteiger partial charge in [-0.15, -0.1) is 0 Å². The summed E-state index contributed by atoms with van der Waals surface area (Å²) >= 11 is 0. The summed E-state index contributed by atoms with van der Waals surface area (Å²) in [4.78, 5) is 0. The predicted molar refractivity (Wildman–Crippen MR) is 107 cm³/mol. The maximum atomic E-state index is 12.2. The van der Waals surface area contributed by atoms with Crippen molar-refractivity contribution in [2.45, 2.75) is 6.42 Å². The Bertz CT molecular complexity index is 1160. The molecular formula is C19H20O8S2. The number of benzene rings is 2. The Labute approximate surface area is 169 Å². The molecule has 0 aliphatic carbocycles. The Morgan fingerprint density at radius 2 is 1.48 bits per heavy atom. The molecule has 0 atom stereocenters. The lowest BCUT2D eigenvalue weighted by atomic mass is 10.1. The minimum Gasteiger partial charge on any atom is -0.504 e. The Morgan fingerprint density at radius 1 is 0.897 bits per heavy atom.